The summed E-state index contributed by atoms with van der Waals surface area (Å²) in [6.07, 6.45) is 26.7. The third-order valence-corrected chi connectivity index (χ3v) is 4.60. The van der Waals surface area contributed by atoms with Gasteiger partial charge in [-0.15, -0.1) is 0 Å². The van der Waals surface area contributed by atoms with Crippen LogP contribution in [0.25, 0.3) is 6.08 Å². The van der Waals surface area contributed by atoms with Gasteiger partial charge in [0, 0.05) is 5.70 Å². The third kappa shape index (κ3) is 13.5. The van der Waals surface area contributed by atoms with Crippen molar-refractivity contribution in [1.82, 2.24) is 0 Å². The molecule has 0 fully saturated rings. The van der Waals surface area contributed by atoms with Gasteiger partial charge in [0.25, 0.3) is 0 Å². The molecule has 0 saturated carbocycles. The molecular formula is C23H39NO. The summed E-state index contributed by atoms with van der Waals surface area (Å²) in [6.45, 7) is 2.28. The largest absolute Gasteiger partial charge is 0.465 e. The van der Waals surface area contributed by atoms with Crippen LogP contribution >= 0.6 is 0 Å². The SMILES string of the molecule is CCCCCCCC/C=C\CCCCCCCC(N)=Cc1ccco1. The van der Waals surface area contributed by atoms with Gasteiger partial charge in [0.2, 0.25) is 0 Å². The average molecular weight is 346 g/mol. The van der Waals surface area contributed by atoms with E-state index in [0.29, 0.717) is 0 Å². The highest BCUT2D eigenvalue weighted by Crippen LogP contribution is 2.13. The second kappa shape index (κ2) is 16.1. The van der Waals surface area contributed by atoms with Crippen LogP contribution in [0.4, 0.5) is 0 Å². The number of allylic oxidation sites excluding steroid dienone is 3. The summed E-state index contributed by atoms with van der Waals surface area (Å²) in [5.74, 6) is 0.852. The maximum Gasteiger partial charge on any atom is 0.128 e. The molecule has 2 nitrogen and oxygen atoms in total. The zero-order valence-corrected chi connectivity index (χ0v) is 16.3. The van der Waals surface area contributed by atoms with E-state index >= 15 is 0 Å². The van der Waals surface area contributed by atoms with E-state index in [0.717, 1.165) is 17.9 Å². The van der Waals surface area contributed by atoms with Crippen LogP contribution < -0.4 is 5.73 Å². The van der Waals surface area contributed by atoms with E-state index in [1.807, 2.05) is 18.2 Å². The molecule has 1 rings (SSSR count). The van der Waals surface area contributed by atoms with Gasteiger partial charge in [-0.1, -0.05) is 70.4 Å². The maximum absolute atomic E-state index is 6.01. The second-order valence-corrected chi connectivity index (χ2v) is 7.07. The Morgan fingerprint density at radius 1 is 0.880 bits per heavy atom. The van der Waals surface area contributed by atoms with Crippen molar-refractivity contribution in [2.75, 3.05) is 0 Å². The van der Waals surface area contributed by atoms with E-state index in [2.05, 4.69) is 19.1 Å². The Kier molecular flexibility index (Phi) is 13.9. The topological polar surface area (TPSA) is 39.2 Å². The Hall–Kier alpha value is -1.44. The smallest absolute Gasteiger partial charge is 0.128 e. The lowest BCUT2D eigenvalue weighted by Gasteiger charge is -2.02. The highest BCUT2D eigenvalue weighted by atomic mass is 16.3. The lowest BCUT2D eigenvalue weighted by molar-refractivity contribution is 0.555. The Bertz CT molecular complexity index is 445. The van der Waals surface area contributed by atoms with E-state index in [9.17, 15) is 0 Å². The van der Waals surface area contributed by atoms with Gasteiger partial charge in [-0.25, -0.2) is 0 Å². The van der Waals surface area contributed by atoms with Crippen molar-refractivity contribution in [1.29, 1.82) is 0 Å². The van der Waals surface area contributed by atoms with Crippen LogP contribution in [0.1, 0.15) is 103 Å². The van der Waals surface area contributed by atoms with E-state index in [1.165, 1.54) is 83.5 Å². The Morgan fingerprint density at radius 3 is 2.08 bits per heavy atom. The first-order valence-corrected chi connectivity index (χ1v) is 10.5. The third-order valence-electron chi connectivity index (χ3n) is 4.60. The lowest BCUT2D eigenvalue weighted by atomic mass is 10.1. The summed E-state index contributed by atoms with van der Waals surface area (Å²) in [5.41, 5.74) is 6.93. The monoisotopic (exact) mass is 345 g/mol. The number of furan rings is 1. The number of nitrogens with two attached hydrogens (primary N) is 1. The molecule has 142 valence electrons. The first-order valence-electron chi connectivity index (χ1n) is 10.5. The van der Waals surface area contributed by atoms with E-state index in [4.69, 9.17) is 10.2 Å². The standard InChI is InChI=1S/C23H39NO/c1-2-3-4-5-6-7-8-9-10-11-12-13-14-15-16-18-22(24)21-23-19-17-20-25-23/h9-10,17,19-21H,2-8,11-16,18,24H2,1H3/b10-9-,22-21?. The summed E-state index contributed by atoms with van der Waals surface area (Å²) in [5, 5.41) is 0. The number of rotatable bonds is 16. The van der Waals surface area contributed by atoms with Crippen molar-refractivity contribution in [3.8, 4) is 0 Å². The van der Waals surface area contributed by atoms with Gasteiger partial charge in [0.1, 0.15) is 5.76 Å². The summed E-state index contributed by atoms with van der Waals surface area (Å²) in [7, 11) is 0. The molecule has 0 aliphatic rings. The first-order chi connectivity index (χ1) is 12.3. The zero-order valence-electron chi connectivity index (χ0n) is 16.3. The summed E-state index contributed by atoms with van der Waals surface area (Å²) in [6, 6.07) is 3.83. The van der Waals surface area contributed by atoms with Crippen LogP contribution in [-0.4, -0.2) is 0 Å². The Labute approximate surface area is 155 Å². The molecule has 0 bridgehead atoms. The fraction of sp³-hybridized carbons (Fsp3) is 0.652. The van der Waals surface area contributed by atoms with Crippen LogP contribution in [0, 0.1) is 0 Å². The van der Waals surface area contributed by atoms with Crippen molar-refractivity contribution in [2.45, 2.75) is 96.8 Å². The van der Waals surface area contributed by atoms with Crippen molar-refractivity contribution in [3.05, 3.63) is 42.0 Å². The van der Waals surface area contributed by atoms with E-state index < -0.39 is 0 Å². The molecule has 0 aliphatic heterocycles. The zero-order chi connectivity index (χ0) is 18.0. The van der Waals surface area contributed by atoms with Gasteiger partial charge in [0.15, 0.2) is 0 Å². The normalized spacial score (nSPS) is 12.3. The minimum Gasteiger partial charge on any atom is -0.465 e. The van der Waals surface area contributed by atoms with E-state index in [1.54, 1.807) is 6.26 Å². The summed E-state index contributed by atoms with van der Waals surface area (Å²) in [4.78, 5) is 0. The molecule has 2 heteroatoms. The second-order valence-electron chi connectivity index (χ2n) is 7.07. The lowest BCUT2D eigenvalue weighted by Crippen LogP contribution is -1.96. The minimum absolute atomic E-state index is 0.852. The number of unbranched alkanes of at least 4 members (excludes halogenated alkanes) is 11. The minimum atomic E-state index is 0.852. The van der Waals surface area contributed by atoms with Crippen molar-refractivity contribution in [2.24, 2.45) is 5.73 Å². The van der Waals surface area contributed by atoms with Crippen LogP contribution in [0.3, 0.4) is 0 Å². The predicted molar refractivity (Wildman–Crippen MR) is 110 cm³/mol. The molecule has 1 aromatic rings. The van der Waals surface area contributed by atoms with Gasteiger partial charge in [-0.3, -0.25) is 0 Å². The molecule has 1 aromatic heterocycles. The van der Waals surface area contributed by atoms with Gasteiger partial charge >= 0.3 is 0 Å². The Morgan fingerprint density at radius 2 is 1.48 bits per heavy atom. The molecule has 0 spiro atoms. The van der Waals surface area contributed by atoms with Crippen LogP contribution in [0.15, 0.2) is 40.7 Å². The predicted octanol–water partition coefficient (Wildman–Crippen LogP) is 7.62. The number of hydrogen-bond acceptors (Lipinski definition) is 2. The van der Waals surface area contributed by atoms with Crippen LogP contribution in [0.5, 0.6) is 0 Å². The van der Waals surface area contributed by atoms with Crippen molar-refractivity contribution < 1.29 is 4.42 Å². The molecule has 0 amide bonds. The molecule has 0 radical (unpaired) electrons. The van der Waals surface area contributed by atoms with Gasteiger partial charge in [-0.2, -0.15) is 0 Å². The number of hydrogen-bond donors (Lipinski definition) is 1. The maximum atomic E-state index is 6.01. The fourth-order valence-corrected chi connectivity index (χ4v) is 3.03. The highest BCUT2D eigenvalue weighted by molar-refractivity contribution is 5.45. The van der Waals surface area contributed by atoms with Gasteiger partial charge < -0.3 is 10.2 Å². The molecule has 0 aliphatic carbocycles. The molecular weight excluding hydrogens is 306 g/mol. The van der Waals surface area contributed by atoms with Gasteiger partial charge in [0.05, 0.1) is 6.26 Å². The summed E-state index contributed by atoms with van der Waals surface area (Å²) < 4.78 is 5.27. The van der Waals surface area contributed by atoms with Crippen LogP contribution in [-0.2, 0) is 0 Å². The van der Waals surface area contributed by atoms with E-state index in [-0.39, 0.29) is 0 Å². The summed E-state index contributed by atoms with van der Waals surface area (Å²) >= 11 is 0. The highest BCUT2D eigenvalue weighted by Gasteiger charge is 1.96. The molecule has 2 N–H and O–H groups in total. The van der Waals surface area contributed by atoms with Gasteiger partial charge in [-0.05, 0) is 56.7 Å². The molecule has 0 saturated heterocycles. The Balaban J connectivity index is 1.83. The molecule has 25 heavy (non-hydrogen) atoms. The molecule has 0 atom stereocenters. The average Bonchev–Trinajstić information content (AvgIpc) is 3.11. The molecule has 0 aromatic carbocycles. The molecule has 1 heterocycles. The van der Waals surface area contributed by atoms with Crippen LogP contribution in [0.2, 0.25) is 0 Å². The quantitative estimate of drug-likeness (QED) is 0.247. The van der Waals surface area contributed by atoms with Crippen molar-refractivity contribution >= 4 is 6.08 Å². The van der Waals surface area contributed by atoms with Crippen molar-refractivity contribution in [3.63, 3.8) is 0 Å². The first kappa shape index (κ1) is 21.6. The fourth-order valence-electron chi connectivity index (χ4n) is 3.03. The molecule has 0 unspecified atom stereocenters.